The fourth-order valence-corrected chi connectivity index (χ4v) is 2.51. The second-order valence-corrected chi connectivity index (χ2v) is 5.09. The van der Waals surface area contributed by atoms with E-state index in [1.807, 2.05) is 0 Å². The molecule has 0 aromatic heterocycles. The lowest BCUT2D eigenvalue weighted by Gasteiger charge is -2.18. The van der Waals surface area contributed by atoms with Gasteiger partial charge >= 0.3 is 0 Å². The van der Waals surface area contributed by atoms with Gasteiger partial charge in [-0.05, 0) is 32.1 Å². The van der Waals surface area contributed by atoms with Crippen molar-refractivity contribution >= 4 is 28.9 Å². The van der Waals surface area contributed by atoms with E-state index in [2.05, 4.69) is 17.3 Å². The van der Waals surface area contributed by atoms with Crippen LogP contribution in [0.2, 0.25) is 5.02 Å². The summed E-state index contributed by atoms with van der Waals surface area (Å²) in [5.41, 5.74) is 12.4. The van der Waals surface area contributed by atoms with Crippen molar-refractivity contribution in [3.05, 3.63) is 22.7 Å². The highest BCUT2D eigenvalue weighted by Gasteiger charge is 2.22. The number of amides is 1. The smallest absolute Gasteiger partial charge is 0.250 e. The molecule has 1 aliphatic rings. The Kier molecular flexibility index (Phi) is 3.63. The predicted octanol–water partition coefficient (Wildman–Crippen LogP) is 1.14. The molecule has 0 bridgehead atoms. The number of carbonyl (C=O) groups excluding carboxylic acids is 1. The zero-order valence-electron chi connectivity index (χ0n) is 10.2. The second kappa shape index (κ2) is 5.04. The molecule has 0 radical (unpaired) electrons. The molecule has 2 rings (SSSR count). The van der Waals surface area contributed by atoms with E-state index in [4.69, 9.17) is 23.1 Å². The highest BCUT2D eigenvalue weighted by Crippen LogP contribution is 2.30. The van der Waals surface area contributed by atoms with Crippen LogP contribution in [-0.4, -0.2) is 37.0 Å². The van der Waals surface area contributed by atoms with Crippen LogP contribution in [0.5, 0.6) is 0 Å². The summed E-state index contributed by atoms with van der Waals surface area (Å²) in [5, 5.41) is 3.72. The topological polar surface area (TPSA) is 84.4 Å². The van der Waals surface area contributed by atoms with Gasteiger partial charge in [0.05, 0.1) is 16.3 Å². The van der Waals surface area contributed by atoms with E-state index in [0.717, 1.165) is 19.5 Å². The lowest BCUT2D eigenvalue weighted by atomic mass is 10.1. The Labute approximate surface area is 111 Å². The van der Waals surface area contributed by atoms with Crippen molar-refractivity contribution in [2.24, 2.45) is 5.73 Å². The molecular weight excluding hydrogens is 252 g/mol. The third-order valence-electron chi connectivity index (χ3n) is 3.12. The summed E-state index contributed by atoms with van der Waals surface area (Å²) in [4.78, 5) is 13.6. The molecule has 1 aromatic rings. The van der Waals surface area contributed by atoms with Gasteiger partial charge in [-0.2, -0.15) is 0 Å². The second-order valence-electron chi connectivity index (χ2n) is 4.68. The van der Waals surface area contributed by atoms with Gasteiger partial charge in [-0.15, -0.1) is 0 Å². The van der Waals surface area contributed by atoms with E-state index >= 15 is 0 Å². The van der Waals surface area contributed by atoms with Crippen LogP contribution in [0.4, 0.5) is 11.4 Å². The molecule has 0 spiro atoms. The average molecular weight is 269 g/mol. The Morgan fingerprint density at radius 1 is 1.56 bits per heavy atom. The van der Waals surface area contributed by atoms with Crippen LogP contribution in [0.1, 0.15) is 16.8 Å². The molecular formula is C12H17ClN4O. The van der Waals surface area contributed by atoms with Crippen LogP contribution in [0, 0.1) is 0 Å². The molecule has 18 heavy (non-hydrogen) atoms. The monoisotopic (exact) mass is 268 g/mol. The van der Waals surface area contributed by atoms with Crippen LogP contribution >= 0.6 is 11.6 Å². The zero-order chi connectivity index (χ0) is 13.3. The first-order valence-electron chi connectivity index (χ1n) is 5.81. The molecule has 0 saturated carbocycles. The molecule has 6 heteroatoms. The number of primary amides is 1. The summed E-state index contributed by atoms with van der Waals surface area (Å²) >= 11 is 6.13. The first kappa shape index (κ1) is 13.0. The fourth-order valence-electron chi connectivity index (χ4n) is 2.23. The molecule has 98 valence electrons. The number of benzene rings is 1. The van der Waals surface area contributed by atoms with E-state index < -0.39 is 5.91 Å². The van der Waals surface area contributed by atoms with Gasteiger partial charge in [0.25, 0.3) is 5.91 Å². The summed E-state index contributed by atoms with van der Waals surface area (Å²) < 4.78 is 0. The van der Waals surface area contributed by atoms with Crippen molar-refractivity contribution in [3.8, 4) is 0 Å². The number of nitrogen functional groups attached to an aromatic ring is 1. The van der Waals surface area contributed by atoms with Gasteiger partial charge in [0.2, 0.25) is 0 Å². The number of nitrogens with two attached hydrogens (primary N) is 2. The van der Waals surface area contributed by atoms with E-state index in [1.54, 1.807) is 12.1 Å². The number of anilines is 2. The molecule has 0 aliphatic carbocycles. The zero-order valence-corrected chi connectivity index (χ0v) is 11.0. The average Bonchev–Trinajstić information content (AvgIpc) is 2.67. The molecule has 1 amide bonds. The number of rotatable bonds is 3. The summed E-state index contributed by atoms with van der Waals surface area (Å²) in [6, 6.07) is 3.44. The van der Waals surface area contributed by atoms with Crippen LogP contribution < -0.4 is 16.8 Å². The lowest BCUT2D eigenvalue weighted by Crippen LogP contribution is -2.25. The maximum absolute atomic E-state index is 11.4. The minimum Gasteiger partial charge on any atom is -0.399 e. The minimum absolute atomic E-state index is 0.272. The van der Waals surface area contributed by atoms with Gasteiger partial charge in [-0.1, -0.05) is 11.6 Å². The maximum Gasteiger partial charge on any atom is 0.250 e. The summed E-state index contributed by atoms with van der Waals surface area (Å²) in [7, 11) is 2.06. The first-order chi connectivity index (χ1) is 8.47. The van der Waals surface area contributed by atoms with Gasteiger partial charge in [-0.25, -0.2) is 0 Å². The molecule has 5 N–H and O–H groups in total. The molecule has 1 fully saturated rings. The Hall–Kier alpha value is -1.46. The Morgan fingerprint density at radius 3 is 2.83 bits per heavy atom. The van der Waals surface area contributed by atoms with Gasteiger partial charge in [0, 0.05) is 18.3 Å². The van der Waals surface area contributed by atoms with Gasteiger partial charge < -0.3 is 21.7 Å². The highest BCUT2D eigenvalue weighted by atomic mass is 35.5. The number of likely N-dealkylation sites (N-methyl/N-ethyl adjacent to an activating group) is 1. The minimum atomic E-state index is -0.530. The number of nitrogens with one attached hydrogen (secondary N) is 1. The van der Waals surface area contributed by atoms with Crippen molar-refractivity contribution in [2.75, 3.05) is 31.2 Å². The van der Waals surface area contributed by atoms with Gasteiger partial charge in [-0.3, -0.25) is 4.79 Å². The molecule has 1 aromatic carbocycles. The normalized spacial score (nSPS) is 20.0. The van der Waals surface area contributed by atoms with Gasteiger partial charge in [0.1, 0.15) is 0 Å². The van der Waals surface area contributed by atoms with Crippen LogP contribution in [0.3, 0.4) is 0 Å². The molecule has 5 nitrogen and oxygen atoms in total. The molecule has 1 saturated heterocycles. The van der Waals surface area contributed by atoms with Crippen molar-refractivity contribution in [1.29, 1.82) is 0 Å². The molecule has 1 atom stereocenters. The number of nitrogens with zero attached hydrogens (tertiary/aromatic N) is 1. The Balaban J connectivity index is 2.28. The van der Waals surface area contributed by atoms with Crippen molar-refractivity contribution in [2.45, 2.75) is 12.5 Å². The molecule has 1 heterocycles. The van der Waals surface area contributed by atoms with Gasteiger partial charge in [0.15, 0.2) is 0 Å². The third kappa shape index (κ3) is 2.68. The Bertz CT molecular complexity index is 477. The van der Waals surface area contributed by atoms with Crippen LogP contribution in [0.15, 0.2) is 12.1 Å². The van der Waals surface area contributed by atoms with Crippen LogP contribution in [0.25, 0.3) is 0 Å². The summed E-state index contributed by atoms with van der Waals surface area (Å²) in [5.74, 6) is -0.530. The number of likely N-dealkylation sites (tertiary alicyclic amines) is 1. The SMILES string of the molecule is CN1CCC(Nc2c(Cl)cc(N)cc2C(N)=O)C1. The van der Waals surface area contributed by atoms with Crippen molar-refractivity contribution in [1.82, 2.24) is 4.90 Å². The quantitative estimate of drug-likeness (QED) is 0.718. The van der Waals surface area contributed by atoms with E-state index in [-0.39, 0.29) is 6.04 Å². The van der Waals surface area contributed by atoms with E-state index in [0.29, 0.717) is 22.0 Å². The number of hydrogen-bond acceptors (Lipinski definition) is 4. The standard InChI is InChI=1S/C12H17ClN4O/c1-17-3-2-8(6-17)16-11-9(12(15)18)4-7(14)5-10(11)13/h4-5,8,16H,2-3,6,14H2,1H3,(H2,15,18). The van der Waals surface area contributed by atoms with Crippen molar-refractivity contribution in [3.63, 3.8) is 0 Å². The highest BCUT2D eigenvalue weighted by molar-refractivity contribution is 6.34. The van der Waals surface area contributed by atoms with Crippen molar-refractivity contribution < 1.29 is 4.79 Å². The predicted molar refractivity (Wildman–Crippen MR) is 73.9 cm³/mol. The number of hydrogen-bond donors (Lipinski definition) is 3. The molecule has 1 aliphatic heterocycles. The van der Waals surface area contributed by atoms with Crippen LogP contribution in [-0.2, 0) is 0 Å². The Morgan fingerprint density at radius 2 is 2.28 bits per heavy atom. The lowest BCUT2D eigenvalue weighted by molar-refractivity contribution is 0.100. The number of halogens is 1. The van der Waals surface area contributed by atoms with E-state index in [1.165, 1.54) is 0 Å². The fraction of sp³-hybridized carbons (Fsp3) is 0.417. The summed E-state index contributed by atoms with van der Waals surface area (Å²) in [6.07, 6.45) is 1.01. The largest absolute Gasteiger partial charge is 0.399 e. The third-order valence-corrected chi connectivity index (χ3v) is 3.42. The first-order valence-corrected chi connectivity index (χ1v) is 6.19. The van der Waals surface area contributed by atoms with E-state index in [9.17, 15) is 4.79 Å². The maximum atomic E-state index is 11.4. The number of carbonyl (C=O) groups is 1. The molecule has 1 unspecified atom stereocenters. The summed E-state index contributed by atoms with van der Waals surface area (Å²) in [6.45, 7) is 1.94.